The van der Waals surface area contributed by atoms with Crippen LogP contribution in [0.3, 0.4) is 0 Å². The second kappa shape index (κ2) is 11.6. The van der Waals surface area contributed by atoms with Gasteiger partial charge in [0.1, 0.15) is 6.10 Å². The third-order valence-electron chi connectivity index (χ3n) is 3.50. The Balaban J connectivity index is 3.77. The Bertz CT molecular complexity index is 299. The first-order valence-corrected chi connectivity index (χ1v) is 8.25. The lowest BCUT2D eigenvalue weighted by molar-refractivity contribution is -0.152. The van der Waals surface area contributed by atoms with E-state index >= 15 is 0 Å². The molecule has 21 heavy (non-hydrogen) atoms. The van der Waals surface area contributed by atoms with E-state index < -0.39 is 0 Å². The highest BCUT2D eigenvalue weighted by atomic mass is 16.5. The van der Waals surface area contributed by atoms with E-state index in [-0.39, 0.29) is 30.9 Å². The molecule has 0 heterocycles. The highest BCUT2D eigenvalue weighted by Crippen LogP contribution is 2.12. The van der Waals surface area contributed by atoms with E-state index in [1.54, 1.807) is 0 Å². The molecule has 0 saturated carbocycles. The Kier molecular flexibility index (Phi) is 11.0. The number of hydrogen-bond donors (Lipinski definition) is 0. The number of carbonyl (C=O) groups is 2. The predicted octanol–water partition coefficient (Wildman–Crippen LogP) is 4.11. The smallest absolute Gasteiger partial charge is 0.306 e. The fourth-order valence-electron chi connectivity index (χ4n) is 2.18. The second-order valence-corrected chi connectivity index (χ2v) is 6.11. The molecule has 0 aliphatic carbocycles. The van der Waals surface area contributed by atoms with Crippen molar-refractivity contribution in [1.29, 1.82) is 0 Å². The Morgan fingerprint density at radius 2 is 1.62 bits per heavy atom. The monoisotopic (exact) mass is 300 g/mol. The van der Waals surface area contributed by atoms with Crippen molar-refractivity contribution in [2.24, 2.45) is 11.8 Å². The van der Waals surface area contributed by atoms with Gasteiger partial charge in [0.15, 0.2) is 0 Å². The molecule has 0 saturated heterocycles. The van der Waals surface area contributed by atoms with Gasteiger partial charge in [-0.2, -0.15) is 0 Å². The molecule has 0 N–H and O–H groups in total. The van der Waals surface area contributed by atoms with Gasteiger partial charge in [0, 0.05) is 12.8 Å². The number of ether oxygens (including phenoxy) is 2. The molecular formula is C17H32O4. The van der Waals surface area contributed by atoms with Crippen LogP contribution in [-0.4, -0.2) is 24.6 Å². The molecule has 0 aromatic rings. The van der Waals surface area contributed by atoms with Crippen LogP contribution < -0.4 is 0 Å². The zero-order valence-electron chi connectivity index (χ0n) is 14.3. The van der Waals surface area contributed by atoms with Gasteiger partial charge in [-0.05, 0) is 31.1 Å². The molecule has 0 aliphatic heterocycles. The zero-order valence-corrected chi connectivity index (χ0v) is 14.3. The first kappa shape index (κ1) is 19.9. The molecule has 0 bridgehead atoms. The number of carbonyl (C=O) groups excluding carboxylic acids is 2. The molecule has 2 atom stereocenters. The zero-order chi connectivity index (χ0) is 16.3. The molecule has 0 amide bonds. The van der Waals surface area contributed by atoms with Gasteiger partial charge in [-0.1, -0.05) is 41.0 Å². The van der Waals surface area contributed by atoms with Gasteiger partial charge in [0.05, 0.1) is 6.61 Å². The lowest BCUT2D eigenvalue weighted by Crippen LogP contribution is -2.22. The summed E-state index contributed by atoms with van der Waals surface area (Å²) in [6.45, 7) is 10.7. The molecule has 0 aromatic heterocycles. The van der Waals surface area contributed by atoms with Crippen molar-refractivity contribution < 1.29 is 19.1 Å². The van der Waals surface area contributed by atoms with Crippen molar-refractivity contribution in [3.8, 4) is 0 Å². The molecule has 124 valence electrons. The van der Waals surface area contributed by atoms with Crippen molar-refractivity contribution in [2.45, 2.75) is 79.2 Å². The lowest BCUT2D eigenvalue weighted by atomic mass is 10.1. The normalized spacial score (nSPS) is 13.8. The van der Waals surface area contributed by atoms with Crippen LogP contribution in [0.5, 0.6) is 0 Å². The maximum atomic E-state index is 11.7. The molecular weight excluding hydrogens is 268 g/mol. The van der Waals surface area contributed by atoms with E-state index in [1.807, 2.05) is 20.8 Å². The highest BCUT2D eigenvalue weighted by molar-refractivity contribution is 5.72. The van der Waals surface area contributed by atoms with Crippen LogP contribution in [0.1, 0.15) is 73.1 Å². The quantitative estimate of drug-likeness (QED) is 0.539. The summed E-state index contributed by atoms with van der Waals surface area (Å²) in [5.41, 5.74) is 0. The summed E-state index contributed by atoms with van der Waals surface area (Å²) in [6, 6.07) is 0. The molecule has 0 aliphatic rings. The lowest BCUT2D eigenvalue weighted by Gasteiger charge is -2.19. The second-order valence-electron chi connectivity index (χ2n) is 6.11. The third kappa shape index (κ3) is 10.3. The largest absolute Gasteiger partial charge is 0.465 e. The summed E-state index contributed by atoms with van der Waals surface area (Å²) in [5.74, 6) is 0.286. The fraction of sp³-hybridized carbons (Fsp3) is 0.882. The third-order valence-corrected chi connectivity index (χ3v) is 3.50. The molecule has 0 spiro atoms. The summed E-state index contributed by atoms with van der Waals surface area (Å²) >= 11 is 0. The van der Waals surface area contributed by atoms with Gasteiger partial charge in [-0.3, -0.25) is 9.59 Å². The first-order chi connectivity index (χ1) is 9.90. The summed E-state index contributed by atoms with van der Waals surface area (Å²) in [5, 5.41) is 0. The Hall–Kier alpha value is -1.06. The number of esters is 2. The fourth-order valence-corrected chi connectivity index (χ4v) is 2.18. The van der Waals surface area contributed by atoms with Crippen molar-refractivity contribution in [1.82, 2.24) is 0 Å². The minimum atomic E-state index is -0.221. The predicted molar refractivity (Wildman–Crippen MR) is 83.9 cm³/mol. The van der Waals surface area contributed by atoms with E-state index in [9.17, 15) is 9.59 Å². The van der Waals surface area contributed by atoms with Crippen molar-refractivity contribution in [2.75, 3.05) is 6.61 Å². The molecule has 0 rings (SSSR count). The Labute approximate surface area is 129 Å². The molecule has 4 nitrogen and oxygen atoms in total. The number of rotatable bonds is 11. The summed E-state index contributed by atoms with van der Waals surface area (Å²) in [6.07, 6.45) is 4.01. The molecule has 0 aromatic carbocycles. The summed E-state index contributed by atoms with van der Waals surface area (Å²) < 4.78 is 10.6. The van der Waals surface area contributed by atoms with E-state index in [4.69, 9.17) is 9.47 Å². The van der Waals surface area contributed by atoms with Crippen molar-refractivity contribution >= 4 is 11.9 Å². The SMILES string of the molecule is CCCC(C)COC(=O)CCCC(=O)OC(CC)C(C)C. The van der Waals surface area contributed by atoms with E-state index in [0.717, 1.165) is 19.3 Å². The minimum absolute atomic E-state index is 0.0284. The standard InChI is InChI=1S/C17H32O4/c1-6-9-14(5)12-20-16(18)10-8-11-17(19)21-15(7-2)13(3)4/h13-15H,6-12H2,1-5H3. The Morgan fingerprint density at radius 3 is 2.14 bits per heavy atom. The van der Waals surface area contributed by atoms with Crippen LogP contribution in [0.25, 0.3) is 0 Å². The van der Waals surface area contributed by atoms with Gasteiger partial charge in [0.2, 0.25) is 0 Å². The molecule has 0 fully saturated rings. The average Bonchev–Trinajstić information content (AvgIpc) is 2.42. The summed E-state index contributed by atoms with van der Waals surface area (Å²) in [4.78, 5) is 23.2. The van der Waals surface area contributed by atoms with Gasteiger partial charge < -0.3 is 9.47 Å². The van der Waals surface area contributed by atoms with Gasteiger partial charge in [0.25, 0.3) is 0 Å². The number of hydrogen-bond acceptors (Lipinski definition) is 4. The highest BCUT2D eigenvalue weighted by Gasteiger charge is 2.16. The van der Waals surface area contributed by atoms with Gasteiger partial charge in [-0.15, -0.1) is 0 Å². The van der Waals surface area contributed by atoms with Gasteiger partial charge in [-0.25, -0.2) is 0 Å². The topological polar surface area (TPSA) is 52.6 Å². The van der Waals surface area contributed by atoms with Crippen LogP contribution in [0, 0.1) is 11.8 Å². The van der Waals surface area contributed by atoms with E-state index in [1.165, 1.54) is 0 Å². The maximum Gasteiger partial charge on any atom is 0.306 e. The summed E-state index contributed by atoms with van der Waals surface area (Å²) in [7, 11) is 0. The molecule has 2 unspecified atom stereocenters. The maximum absolute atomic E-state index is 11.7. The van der Waals surface area contributed by atoms with E-state index in [2.05, 4.69) is 13.8 Å². The minimum Gasteiger partial charge on any atom is -0.465 e. The average molecular weight is 300 g/mol. The van der Waals surface area contributed by atoms with Gasteiger partial charge >= 0.3 is 11.9 Å². The van der Waals surface area contributed by atoms with Crippen molar-refractivity contribution in [3.63, 3.8) is 0 Å². The molecule has 0 radical (unpaired) electrons. The van der Waals surface area contributed by atoms with Crippen LogP contribution in [0.4, 0.5) is 0 Å². The first-order valence-electron chi connectivity index (χ1n) is 8.25. The van der Waals surface area contributed by atoms with Crippen LogP contribution in [0.15, 0.2) is 0 Å². The Morgan fingerprint density at radius 1 is 1.00 bits per heavy atom. The molecule has 4 heteroatoms. The van der Waals surface area contributed by atoms with Crippen molar-refractivity contribution in [3.05, 3.63) is 0 Å². The van der Waals surface area contributed by atoms with Crippen LogP contribution >= 0.6 is 0 Å². The van der Waals surface area contributed by atoms with Crippen LogP contribution in [-0.2, 0) is 19.1 Å². The van der Waals surface area contributed by atoms with E-state index in [0.29, 0.717) is 24.9 Å². The van der Waals surface area contributed by atoms with Crippen LogP contribution in [0.2, 0.25) is 0 Å².